The normalized spacial score (nSPS) is 14.3. The van der Waals surface area contributed by atoms with E-state index in [1.165, 1.54) is 11.3 Å². The molecule has 2 N–H and O–H groups in total. The van der Waals surface area contributed by atoms with Gasteiger partial charge >= 0.3 is 0 Å². The lowest BCUT2D eigenvalue weighted by atomic mass is 10.1. The standard InChI is InChI=1S/C25H21N3O4S3/c1-15-5-8-18(12-16(15)2)26-22(29)14-32-19-9-6-17(7-10-19)13-21-24(31)28(25(33)35-21)27-23(30)20-4-3-11-34-20/h3-13H,14H2,1-2H3,(H,26,29)(H,27,30)/b21-13-. The van der Waals surface area contributed by atoms with E-state index < -0.39 is 5.91 Å². The molecule has 2 aromatic carbocycles. The molecular weight excluding hydrogens is 502 g/mol. The topological polar surface area (TPSA) is 87.7 Å². The van der Waals surface area contributed by atoms with Gasteiger partial charge in [0.2, 0.25) is 0 Å². The van der Waals surface area contributed by atoms with Gasteiger partial charge < -0.3 is 10.1 Å². The number of carbonyl (C=O) groups is 3. The van der Waals surface area contributed by atoms with Crippen LogP contribution in [-0.4, -0.2) is 33.7 Å². The molecule has 1 aliphatic rings. The van der Waals surface area contributed by atoms with Crippen LogP contribution in [0.25, 0.3) is 6.08 Å². The number of rotatable bonds is 7. The minimum atomic E-state index is -0.395. The van der Waals surface area contributed by atoms with Gasteiger partial charge in [-0.1, -0.05) is 36.0 Å². The van der Waals surface area contributed by atoms with Gasteiger partial charge in [0, 0.05) is 5.69 Å². The summed E-state index contributed by atoms with van der Waals surface area (Å²) in [5.74, 6) is -0.521. The van der Waals surface area contributed by atoms with Gasteiger partial charge in [0.25, 0.3) is 17.7 Å². The molecule has 4 rings (SSSR count). The number of nitrogens with one attached hydrogen (secondary N) is 2. The number of carbonyl (C=O) groups excluding carboxylic acids is 3. The number of hydrazine groups is 1. The summed E-state index contributed by atoms with van der Waals surface area (Å²) in [6, 6.07) is 16.1. The number of thiophene rings is 1. The molecule has 2 heterocycles. The average molecular weight is 524 g/mol. The third-order valence-electron chi connectivity index (χ3n) is 5.09. The third kappa shape index (κ3) is 6.16. The number of hydrogen-bond acceptors (Lipinski definition) is 7. The Balaban J connectivity index is 1.32. The monoisotopic (exact) mass is 523 g/mol. The third-order valence-corrected chi connectivity index (χ3v) is 7.26. The number of amides is 3. The zero-order valence-corrected chi connectivity index (χ0v) is 21.3. The fraction of sp³-hybridized carbons (Fsp3) is 0.120. The molecule has 3 aromatic rings. The molecule has 1 aliphatic heterocycles. The number of benzene rings is 2. The fourth-order valence-corrected chi connectivity index (χ4v) is 4.90. The Morgan fingerprint density at radius 2 is 1.86 bits per heavy atom. The summed E-state index contributed by atoms with van der Waals surface area (Å²) in [4.78, 5) is 38.1. The molecule has 3 amide bonds. The Morgan fingerprint density at radius 1 is 1.09 bits per heavy atom. The maximum absolute atomic E-state index is 12.7. The van der Waals surface area contributed by atoms with Crippen molar-refractivity contribution in [3.63, 3.8) is 0 Å². The van der Waals surface area contributed by atoms with Crippen molar-refractivity contribution in [2.24, 2.45) is 0 Å². The van der Waals surface area contributed by atoms with E-state index in [9.17, 15) is 14.4 Å². The van der Waals surface area contributed by atoms with Crippen molar-refractivity contribution in [3.05, 3.63) is 86.5 Å². The second kappa shape index (κ2) is 10.9. The van der Waals surface area contributed by atoms with E-state index in [0.717, 1.165) is 39.1 Å². The van der Waals surface area contributed by atoms with E-state index >= 15 is 0 Å². The number of ether oxygens (including phenoxy) is 1. The van der Waals surface area contributed by atoms with Gasteiger partial charge in [0.1, 0.15) is 5.75 Å². The Kier molecular flexibility index (Phi) is 7.64. The molecule has 0 bridgehead atoms. The van der Waals surface area contributed by atoms with Crippen LogP contribution in [-0.2, 0) is 9.59 Å². The lowest BCUT2D eigenvalue weighted by Crippen LogP contribution is -2.44. The van der Waals surface area contributed by atoms with Crippen LogP contribution in [0.1, 0.15) is 26.4 Å². The van der Waals surface area contributed by atoms with Gasteiger partial charge in [-0.15, -0.1) is 11.3 Å². The maximum Gasteiger partial charge on any atom is 0.285 e. The Hall–Kier alpha value is -3.47. The van der Waals surface area contributed by atoms with Crippen molar-refractivity contribution in [2.75, 3.05) is 11.9 Å². The van der Waals surface area contributed by atoms with Crippen molar-refractivity contribution in [1.29, 1.82) is 0 Å². The lowest BCUT2D eigenvalue weighted by molar-refractivity contribution is -0.123. The highest BCUT2D eigenvalue weighted by molar-refractivity contribution is 8.26. The van der Waals surface area contributed by atoms with E-state index in [1.807, 2.05) is 32.0 Å². The smallest absolute Gasteiger partial charge is 0.285 e. The van der Waals surface area contributed by atoms with E-state index in [-0.39, 0.29) is 22.7 Å². The number of anilines is 1. The molecule has 35 heavy (non-hydrogen) atoms. The minimum Gasteiger partial charge on any atom is -0.484 e. The molecule has 178 valence electrons. The Morgan fingerprint density at radius 3 is 2.54 bits per heavy atom. The quantitative estimate of drug-likeness (QED) is 0.337. The molecule has 0 atom stereocenters. The van der Waals surface area contributed by atoms with E-state index in [2.05, 4.69) is 10.7 Å². The minimum absolute atomic E-state index is 0.130. The van der Waals surface area contributed by atoms with Gasteiger partial charge in [-0.05, 0) is 84.5 Å². The maximum atomic E-state index is 12.7. The van der Waals surface area contributed by atoms with Crippen LogP contribution in [0.15, 0.2) is 64.9 Å². The first-order chi connectivity index (χ1) is 16.8. The van der Waals surface area contributed by atoms with E-state index in [0.29, 0.717) is 15.5 Å². The highest BCUT2D eigenvalue weighted by Gasteiger charge is 2.33. The van der Waals surface area contributed by atoms with Crippen LogP contribution in [0, 0.1) is 13.8 Å². The zero-order chi connectivity index (χ0) is 24.9. The number of hydrogen-bond donors (Lipinski definition) is 2. The Bertz CT molecular complexity index is 1320. The summed E-state index contributed by atoms with van der Waals surface area (Å²) < 4.78 is 5.82. The van der Waals surface area contributed by atoms with Crippen LogP contribution in [0.2, 0.25) is 0 Å². The molecule has 10 heteroatoms. The van der Waals surface area contributed by atoms with Crippen molar-refractivity contribution < 1.29 is 19.1 Å². The van der Waals surface area contributed by atoms with Crippen LogP contribution in [0.5, 0.6) is 5.75 Å². The number of thiocarbonyl (C=S) groups is 1. The van der Waals surface area contributed by atoms with Crippen molar-refractivity contribution in [3.8, 4) is 5.75 Å². The molecule has 1 saturated heterocycles. The molecule has 1 aromatic heterocycles. The molecular formula is C25H21N3O4S3. The largest absolute Gasteiger partial charge is 0.484 e. The van der Waals surface area contributed by atoms with Crippen LogP contribution >= 0.6 is 35.3 Å². The van der Waals surface area contributed by atoms with Crippen LogP contribution in [0.3, 0.4) is 0 Å². The first-order valence-corrected chi connectivity index (χ1v) is 12.6. The highest BCUT2D eigenvalue weighted by atomic mass is 32.2. The van der Waals surface area contributed by atoms with Crippen molar-refractivity contribution >= 4 is 69.1 Å². The predicted octanol–water partition coefficient (Wildman–Crippen LogP) is 4.93. The molecule has 0 spiro atoms. The highest BCUT2D eigenvalue weighted by Crippen LogP contribution is 2.32. The van der Waals surface area contributed by atoms with Gasteiger partial charge in [-0.3, -0.25) is 19.8 Å². The zero-order valence-electron chi connectivity index (χ0n) is 18.9. The summed E-state index contributed by atoms with van der Waals surface area (Å²) >= 11 is 7.64. The van der Waals surface area contributed by atoms with E-state index in [4.69, 9.17) is 17.0 Å². The van der Waals surface area contributed by atoms with Crippen LogP contribution < -0.4 is 15.5 Å². The average Bonchev–Trinajstić information content (AvgIpc) is 3.46. The molecule has 7 nitrogen and oxygen atoms in total. The summed E-state index contributed by atoms with van der Waals surface area (Å²) in [6.45, 7) is 3.87. The summed E-state index contributed by atoms with van der Waals surface area (Å²) in [5, 5.41) is 5.68. The molecule has 0 aliphatic carbocycles. The van der Waals surface area contributed by atoms with E-state index in [1.54, 1.807) is 47.9 Å². The lowest BCUT2D eigenvalue weighted by Gasteiger charge is -2.14. The SMILES string of the molecule is Cc1ccc(NC(=O)COc2ccc(/C=C3\SC(=S)N(NC(=O)c4cccs4)C3=O)cc2)cc1C. The van der Waals surface area contributed by atoms with Crippen molar-refractivity contribution in [2.45, 2.75) is 13.8 Å². The summed E-state index contributed by atoms with van der Waals surface area (Å²) in [7, 11) is 0. The van der Waals surface area contributed by atoms with Crippen molar-refractivity contribution in [1.82, 2.24) is 10.4 Å². The van der Waals surface area contributed by atoms with Gasteiger partial charge in [-0.2, -0.15) is 5.01 Å². The second-order valence-corrected chi connectivity index (χ2v) is 10.3. The first-order valence-electron chi connectivity index (χ1n) is 10.5. The fourth-order valence-electron chi connectivity index (χ4n) is 3.11. The first kappa shape index (κ1) is 24.6. The molecule has 1 fully saturated rings. The van der Waals surface area contributed by atoms with Gasteiger partial charge in [-0.25, -0.2) is 0 Å². The second-order valence-electron chi connectivity index (χ2n) is 7.64. The summed E-state index contributed by atoms with van der Waals surface area (Å²) in [6.07, 6.45) is 1.69. The summed E-state index contributed by atoms with van der Waals surface area (Å²) in [5.41, 5.74) is 6.28. The number of aryl methyl sites for hydroxylation is 2. The van der Waals surface area contributed by atoms with Gasteiger partial charge in [0.15, 0.2) is 10.9 Å². The predicted molar refractivity (Wildman–Crippen MR) is 143 cm³/mol. The van der Waals surface area contributed by atoms with Gasteiger partial charge in [0.05, 0.1) is 9.78 Å². The molecule has 0 radical (unpaired) electrons. The Labute approximate surface area is 216 Å². The molecule has 0 saturated carbocycles. The number of nitrogens with zero attached hydrogens (tertiary/aromatic N) is 1. The van der Waals surface area contributed by atoms with Crippen LogP contribution in [0.4, 0.5) is 5.69 Å². The molecule has 0 unspecified atom stereocenters. The number of thioether (sulfide) groups is 1.